The Morgan fingerprint density at radius 2 is 1.72 bits per heavy atom. The Kier molecular flexibility index (Phi) is 8.81. The molecule has 0 spiro atoms. The van der Waals surface area contributed by atoms with Crippen molar-refractivity contribution in [3.8, 4) is 5.75 Å². The Morgan fingerprint density at radius 3 is 2.22 bits per heavy atom. The standard InChI is InChI=1S/C14H24N2O.ClH/c1-11(2)17-13-8-6-12(7-9-13)14(16)5-3-4-10-15;/h6-9,11,14H,3-5,10,15-16H2,1-2H3;1H/t14-;/m1./s1. The summed E-state index contributed by atoms with van der Waals surface area (Å²) < 4.78 is 5.59. The second-order valence-electron chi connectivity index (χ2n) is 4.63. The fourth-order valence-corrected chi connectivity index (χ4v) is 1.74. The first kappa shape index (κ1) is 17.2. The number of ether oxygens (including phenoxy) is 1. The van der Waals surface area contributed by atoms with Crippen LogP contribution in [0.3, 0.4) is 0 Å². The molecule has 0 heterocycles. The molecule has 104 valence electrons. The van der Waals surface area contributed by atoms with E-state index in [0.29, 0.717) is 0 Å². The molecule has 0 unspecified atom stereocenters. The first-order valence-corrected chi connectivity index (χ1v) is 6.35. The molecule has 0 amide bonds. The van der Waals surface area contributed by atoms with Gasteiger partial charge in [0, 0.05) is 6.04 Å². The van der Waals surface area contributed by atoms with Crippen molar-refractivity contribution in [1.29, 1.82) is 0 Å². The van der Waals surface area contributed by atoms with Crippen LogP contribution in [0.4, 0.5) is 0 Å². The first-order chi connectivity index (χ1) is 8.13. The molecule has 4 N–H and O–H groups in total. The lowest BCUT2D eigenvalue weighted by atomic mass is 10.0. The lowest BCUT2D eigenvalue weighted by Crippen LogP contribution is -2.11. The van der Waals surface area contributed by atoms with Crippen LogP contribution in [-0.4, -0.2) is 12.6 Å². The van der Waals surface area contributed by atoms with Crippen LogP contribution in [0.5, 0.6) is 5.75 Å². The molecule has 0 aromatic heterocycles. The Hall–Kier alpha value is -0.770. The minimum Gasteiger partial charge on any atom is -0.491 e. The number of nitrogens with two attached hydrogens (primary N) is 2. The third-order valence-electron chi connectivity index (χ3n) is 2.65. The van der Waals surface area contributed by atoms with Gasteiger partial charge in [-0.25, -0.2) is 0 Å². The molecule has 0 fully saturated rings. The second-order valence-corrected chi connectivity index (χ2v) is 4.63. The number of benzene rings is 1. The van der Waals surface area contributed by atoms with Crippen molar-refractivity contribution in [2.24, 2.45) is 11.5 Å². The molecule has 1 aromatic rings. The van der Waals surface area contributed by atoms with E-state index in [1.54, 1.807) is 0 Å². The number of unbranched alkanes of at least 4 members (excludes halogenated alkanes) is 1. The topological polar surface area (TPSA) is 61.3 Å². The lowest BCUT2D eigenvalue weighted by molar-refractivity contribution is 0.242. The van der Waals surface area contributed by atoms with Crippen LogP contribution in [0.15, 0.2) is 24.3 Å². The van der Waals surface area contributed by atoms with E-state index in [2.05, 4.69) is 0 Å². The highest BCUT2D eigenvalue weighted by atomic mass is 35.5. The smallest absolute Gasteiger partial charge is 0.119 e. The van der Waals surface area contributed by atoms with Crippen molar-refractivity contribution in [1.82, 2.24) is 0 Å². The van der Waals surface area contributed by atoms with E-state index in [1.165, 1.54) is 0 Å². The van der Waals surface area contributed by atoms with Crippen molar-refractivity contribution in [2.75, 3.05) is 6.54 Å². The fourth-order valence-electron chi connectivity index (χ4n) is 1.74. The van der Waals surface area contributed by atoms with Crippen molar-refractivity contribution >= 4 is 12.4 Å². The van der Waals surface area contributed by atoms with Gasteiger partial charge in [0.25, 0.3) is 0 Å². The molecular weight excluding hydrogens is 248 g/mol. The average molecular weight is 273 g/mol. The zero-order chi connectivity index (χ0) is 12.7. The Balaban J connectivity index is 0.00000289. The Bertz CT molecular complexity index is 314. The molecule has 0 radical (unpaired) electrons. The van der Waals surface area contributed by atoms with Gasteiger partial charge in [-0.1, -0.05) is 18.6 Å². The van der Waals surface area contributed by atoms with E-state index in [4.69, 9.17) is 16.2 Å². The summed E-state index contributed by atoms with van der Waals surface area (Å²) in [4.78, 5) is 0. The molecule has 1 rings (SSSR count). The van der Waals surface area contributed by atoms with Crippen LogP contribution in [0.1, 0.15) is 44.7 Å². The van der Waals surface area contributed by atoms with E-state index in [9.17, 15) is 0 Å². The fraction of sp³-hybridized carbons (Fsp3) is 0.571. The average Bonchev–Trinajstić information content (AvgIpc) is 2.29. The maximum Gasteiger partial charge on any atom is 0.119 e. The van der Waals surface area contributed by atoms with Crippen LogP contribution >= 0.6 is 12.4 Å². The van der Waals surface area contributed by atoms with Gasteiger partial charge in [0.2, 0.25) is 0 Å². The van der Waals surface area contributed by atoms with Gasteiger partial charge in [-0.15, -0.1) is 12.4 Å². The van der Waals surface area contributed by atoms with Crippen LogP contribution in [0.2, 0.25) is 0 Å². The van der Waals surface area contributed by atoms with Crippen molar-refractivity contribution < 1.29 is 4.74 Å². The molecule has 0 saturated heterocycles. The molecule has 0 saturated carbocycles. The van der Waals surface area contributed by atoms with Crippen LogP contribution in [-0.2, 0) is 0 Å². The van der Waals surface area contributed by atoms with Gasteiger partial charge < -0.3 is 16.2 Å². The lowest BCUT2D eigenvalue weighted by Gasteiger charge is -2.14. The van der Waals surface area contributed by atoms with Gasteiger partial charge in [-0.05, 0) is 50.9 Å². The van der Waals surface area contributed by atoms with Gasteiger partial charge in [0.15, 0.2) is 0 Å². The molecular formula is C14H25ClN2O. The second kappa shape index (κ2) is 9.20. The summed E-state index contributed by atoms with van der Waals surface area (Å²) in [5.41, 5.74) is 12.7. The summed E-state index contributed by atoms with van der Waals surface area (Å²) in [6, 6.07) is 8.17. The normalized spacial score (nSPS) is 12.1. The molecule has 0 aliphatic heterocycles. The molecule has 0 aliphatic carbocycles. The maximum atomic E-state index is 6.11. The zero-order valence-electron chi connectivity index (χ0n) is 11.3. The molecule has 18 heavy (non-hydrogen) atoms. The van der Waals surface area contributed by atoms with Crippen LogP contribution in [0, 0.1) is 0 Å². The molecule has 0 bridgehead atoms. The minimum atomic E-state index is 0. The summed E-state index contributed by atoms with van der Waals surface area (Å²) in [6.07, 6.45) is 3.32. The monoisotopic (exact) mass is 272 g/mol. The molecule has 4 heteroatoms. The Morgan fingerprint density at radius 1 is 1.11 bits per heavy atom. The highest BCUT2D eigenvalue weighted by molar-refractivity contribution is 5.85. The Labute approximate surface area is 116 Å². The molecule has 3 nitrogen and oxygen atoms in total. The zero-order valence-corrected chi connectivity index (χ0v) is 12.1. The first-order valence-electron chi connectivity index (χ1n) is 6.35. The highest BCUT2D eigenvalue weighted by Gasteiger charge is 2.06. The number of rotatable bonds is 7. The predicted molar refractivity (Wildman–Crippen MR) is 79.3 cm³/mol. The summed E-state index contributed by atoms with van der Waals surface area (Å²) >= 11 is 0. The number of hydrogen-bond acceptors (Lipinski definition) is 3. The van der Waals surface area contributed by atoms with Crippen molar-refractivity contribution in [3.63, 3.8) is 0 Å². The molecule has 1 aromatic carbocycles. The van der Waals surface area contributed by atoms with E-state index < -0.39 is 0 Å². The summed E-state index contributed by atoms with van der Waals surface area (Å²) in [6.45, 7) is 4.78. The van der Waals surface area contributed by atoms with Crippen molar-refractivity contribution in [2.45, 2.75) is 45.3 Å². The predicted octanol–water partition coefficient (Wildman–Crippen LogP) is 3.02. The van der Waals surface area contributed by atoms with Gasteiger partial charge >= 0.3 is 0 Å². The minimum absolute atomic E-state index is 0. The summed E-state index contributed by atoms with van der Waals surface area (Å²) in [7, 11) is 0. The SMILES string of the molecule is CC(C)Oc1ccc([C@H](N)CCCCN)cc1.Cl. The van der Waals surface area contributed by atoms with Crippen LogP contribution in [0.25, 0.3) is 0 Å². The van der Waals surface area contributed by atoms with E-state index in [0.717, 1.165) is 37.1 Å². The number of hydrogen-bond donors (Lipinski definition) is 2. The summed E-state index contributed by atoms with van der Waals surface area (Å²) in [5, 5.41) is 0. The highest BCUT2D eigenvalue weighted by Crippen LogP contribution is 2.20. The van der Waals surface area contributed by atoms with Gasteiger partial charge in [-0.2, -0.15) is 0 Å². The van der Waals surface area contributed by atoms with Crippen molar-refractivity contribution in [3.05, 3.63) is 29.8 Å². The van der Waals surface area contributed by atoms with Gasteiger partial charge in [-0.3, -0.25) is 0 Å². The number of halogens is 1. The summed E-state index contributed by atoms with van der Waals surface area (Å²) in [5.74, 6) is 0.901. The van der Waals surface area contributed by atoms with Gasteiger partial charge in [0.1, 0.15) is 5.75 Å². The maximum absolute atomic E-state index is 6.11. The third-order valence-corrected chi connectivity index (χ3v) is 2.65. The quantitative estimate of drug-likeness (QED) is 0.750. The molecule has 0 aliphatic rings. The van der Waals surface area contributed by atoms with E-state index >= 15 is 0 Å². The van der Waals surface area contributed by atoms with E-state index in [1.807, 2.05) is 38.1 Å². The van der Waals surface area contributed by atoms with E-state index in [-0.39, 0.29) is 24.6 Å². The molecule has 1 atom stereocenters. The third kappa shape index (κ3) is 6.24. The van der Waals surface area contributed by atoms with Gasteiger partial charge in [0.05, 0.1) is 6.10 Å². The largest absolute Gasteiger partial charge is 0.491 e. The van der Waals surface area contributed by atoms with Crippen LogP contribution < -0.4 is 16.2 Å².